The molecule has 0 aromatic heterocycles. The molecule has 0 heterocycles. The van der Waals surface area contributed by atoms with E-state index in [1.807, 2.05) is 48.5 Å². The number of alkyl halides is 2. The topological polar surface area (TPSA) is 105 Å². The zero-order valence-corrected chi connectivity index (χ0v) is 19.1. The Hall–Kier alpha value is -3.49. The fraction of sp³-hybridized carbons (Fsp3) is 0.423. The number of hydrogen-bond acceptors (Lipinski definition) is 4. The van der Waals surface area contributed by atoms with E-state index in [0.29, 0.717) is 25.7 Å². The third-order valence-corrected chi connectivity index (χ3v) is 6.79. The van der Waals surface area contributed by atoms with Crippen molar-refractivity contribution in [3.63, 3.8) is 0 Å². The molecule has 9 heteroatoms. The van der Waals surface area contributed by atoms with Crippen molar-refractivity contribution in [3.8, 4) is 11.1 Å². The van der Waals surface area contributed by atoms with Crippen LogP contribution in [0.2, 0.25) is 0 Å². The monoisotopic (exact) mass is 486 g/mol. The van der Waals surface area contributed by atoms with Gasteiger partial charge in [-0.25, -0.2) is 13.6 Å². The van der Waals surface area contributed by atoms with Crippen LogP contribution in [0.4, 0.5) is 13.6 Å². The Labute approximate surface area is 201 Å². The first-order valence-corrected chi connectivity index (χ1v) is 11.8. The van der Waals surface area contributed by atoms with Crippen LogP contribution in [0.3, 0.4) is 0 Å². The first-order valence-electron chi connectivity index (χ1n) is 11.8. The maximum absolute atomic E-state index is 13.1. The molecule has 0 spiro atoms. The molecule has 2 aromatic rings. The lowest BCUT2D eigenvalue weighted by atomic mass is 9.86. The van der Waals surface area contributed by atoms with Crippen molar-refractivity contribution >= 4 is 18.0 Å². The molecule has 1 atom stereocenters. The average Bonchev–Trinajstić information content (AvgIpc) is 3.16. The van der Waals surface area contributed by atoms with E-state index in [1.165, 1.54) is 0 Å². The van der Waals surface area contributed by atoms with Crippen molar-refractivity contribution in [3.05, 3.63) is 59.7 Å². The van der Waals surface area contributed by atoms with E-state index in [9.17, 15) is 23.2 Å². The van der Waals surface area contributed by atoms with E-state index < -0.39 is 42.8 Å². The number of hydrogen-bond donors (Lipinski definition) is 3. The minimum atomic E-state index is -2.80. The number of nitrogens with one attached hydrogen (secondary N) is 2. The Morgan fingerprint density at radius 1 is 0.943 bits per heavy atom. The summed E-state index contributed by atoms with van der Waals surface area (Å²) in [7, 11) is 0. The van der Waals surface area contributed by atoms with Gasteiger partial charge in [0.1, 0.15) is 12.6 Å². The van der Waals surface area contributed by atoms with Crippen LogP contribution >= 0.6 is 0 Å². The molecule has 1 fully saturated rings. The minimum Gasteiger partial charge on any atom is -0.481 e. The highest BCUT2D eigenvalue weighted by molar-refractivity contribution is 5.86. The van der Waals surface area contributed by atoms with Crippen molar-refractivity contribution < 1.29 is 33.0 Å². The summed E-state index contributed by atoms with van der Waals surface area (Å²) in [5.41, 5.74) is 4.15. The molecule has 2 aliphatic rings. The van der Waals surface area contributed by atoms with Gasteiger partial charge in [0.15, 0.2) is 0 Å². The number of carboxylic acids is 1. The van der Waals surface area contributed by atoms with Gasteiger partial charge in [-0.15, -0.1) is 0 Å². The maximum Gasteiger partial charge on any atom is 0.407 e. The van der Waals surface area contributed by atoms with Gasteiger partial charge < -0.3 is 20.5 Å². The molecule has 7 nitrogen and oxygen atoms in total. The summed E-state index contributed by atoms with van der Waals surface area (Å²) in [6.45, 7) is 0.00206. The smallest absolute Gasteiger partial charge is 0.407 e. The summed E-state index contributed by atoms with van der Waals surface area (Å²) in [5, 5.41) is 14.1. The molecule has 2 aliphatic carbocycles. The van der Waals surface area contributed by atoms with Gasteiger partial charge in [-0.05, 0) is 47.9 Å². The van der Waals surface area contributed by atoms with Crippen molar-refractivity contribution in [1.29, 1.82) is 0 Å². The maximum atomic E-state index is 13.1. The third-order valence-electron chi connectivity index (χ3n) is 6.79. The number of rotatable bonds is 8. The molecule has 0 aliphatic heterocycles. The molecule has 1 unspecified atom stereocenters. The zero-order chi connectivity index (χ0) is 24.9. The van der Waals surface area contributed by atoms with E-state index in [-0.39, 0.29) is 18.6 Å². The van der Waals surface area contributed by atoms with Crippen LogP contribution in [0, 0.1) is 5.92 Å². The summed E-state index contributed by atoms with van der Waals surface area (Å²) >= 11 is 0. The highest BCUT2D eigenvalue weighted by Crippen LogP contribution is 2.44. The van der Waals surface area contributed by atoms with Gasteiger partial charge in [0.25, 0.3) is 0 Å². The Morgan fingerprint density at radius 2 is 1.51 bits per heavy atom. The largest absolute Gasteiger partial charge is 0.481 e. The molecule has 1 saturated carbocycles. The van der Waals surface area contributed by atoms with Gasteiger partial charge in [0.2, 0.25) is 12.3 Å². The van der Waals surface area contributed by atoms with E-state index in [2.05, 4.69) is 10.6 Å². The number of alkyl carbamates (subject to hydrolysis) is 1. The van der Waals surface area contributed by atoms with Gasteiger partial charge in [-0.2, -0.15) is 0 Å². The molecule has 2 amide bonds. The molecule has 35 heavy (non-hydrogen) atoms. The van der Waals surface area contributed by atoms with Crippen LogP contribution in [-0.2, 0) is 14.3 Å². The Morgan fingerprint density at radius 3 is 2.06 bits per heavy atom. The SMILES string of the molecule is O=C(NC(CC(F)F)C(=O)NC1CCC(C(=O)O)CC1)OCC1c2ccccc2-c2ccccc21. The van der Waals surface area contributed by atoms with Crippen molar-refractivity contribution in [2.75, 3.05) is 6.61 Å². The van der Waals surface area contributed by atoms with Crippen LogP contribution < -0.4 is 10.6 Å². The highest BCUT2D eigenvalue weighted by Gasteiger charge is 2.32. The lowest BCUT2D eigenvalue weighted by molar-refractivity contribution is -0.142. The predicted molar refractivity (Wildman–Crippen MR) is 124 cm³/mol. The first-order chi connectivity index (χ1) is 16.8. The average molecular weight is 487 g/mol. The fourth-order valence-electron chi connectivity index (χ4n) is 4.98. The Kier molecular flexibility index (Phi) is 7.63. The number of aliphatic carboxylic acids is 1. The van der Waals surface area contributed by atoms with E-state index in [1.54, 1.807) is 0 Å². The van der Waals surface area contributed by atoms with Crippen LogP contribution in [0.25, 0.3) is 11.1 Å². The summed E-state index contributed by atoms with van der Waals surface area (Å²) in [4.78, 5) is 36.3. The lowest BCUT2D eigenvalue weighted by Gasteiger charge is -2.28. The minimum absolute atomic E-state index is 0.00206. The number of carbonyl (C=O) groups is 3. The van der Waals surface area contributed by atoms with Crippen molar-refractivity contribution in [2.45, 2.75) is 56.5 Å². The summed E-state index contributed by atoms with van der Waals surface area (Å²) < 4.78 is 31.7. The lowest BCUT2D eigenvalue weighted by Crippen LogP contribution is -2.51. The Balaban J connectivity index is 1.35. The van der Waals surface area contributed by atoms with E-state index in [4.69, 9.17) is 9.84 Å². The van der Waals surface area contributed by atoms with Crippen LogP contribution in [0.5, 0.6) is 0 Å². The number of benzene rings is 2. The fourth-order valence-corrected chi connectivity index (χ4v) is 4.98. The number of carbonyl (C=O) groups excluding carboxylic acids is 2. The molecular weight excluding hydrogens is 458 g/mol. The normalized spacial score (nSPS) is 20.0. The van der Waals surface area contributed by atoms with E-state index >= 15 is 0 Å². The summed E-state index contributed by atoms with van der Waals surface area (Å²) in [6, 6.07) is 13.9. The number of halogens is 2. The predicted octanol–water partition coefficient (Wildman–Crippen LogP) is 4.31. The Bertz CT molecular complexity index is 1040. The number of carboxylic acid groups (broad SMARTS) is 1. The van der Waals surface area contributed by atoms with Gasteiger partial charge in [-0.3, -0.25) is 9.59 Å². The second-order valence-corrected chi connectivity index (χ2v) is 9.04. The van der Waals surface area contributed by atoms with Crippen LogP contribution in [0.1, 0.15) is 49.1 Å². The second-order valence-electron chi connectivity index (χ2n) is 9.04. The van der Waals surface area contributed by atoms with E-state index in [0.717, 1.165) is 22.3 Å². The second kappa shape index (κ2) is 10.8. The molecule has 186 valence electrons. The summed E-state index contributed by atoms with van der Waals surface area (Å²) in [5.74, 6) is -2.25. The number of fused-ring (bicyclic) bond motifs is 3. The number of amides is 2. The standard InChI is InChI=1S/C26H28F2N2O5/c27-23(28)13-22(24(31)29-16-11-9-15(10-12-16)25(32)33)30-26(34)35-14-21-19-7-3-1-5-17(19)18-6-2-4-8-20(18)21/h1-8,15-16,21-23H,9-14H2,(H,29,31)(H,30,34)(H,32,33). The molecule has 0 saturated heterocycles. The quantitative estimate of drug-likeness (QED) is 0.516. The third kappa shape index (κ3) is 5.78. The highest BCUT2D eigenvalue weighted by atomic mass is 19.3. The van der Waals surface area contributed by atoms with Gasteiger partial charge in [0, 0.05) is 18.4 Å². The number of ether oxygens (including phenoxy) is 1. The van der Waals surface area contributed by atoms with Crippen molar-refractivity contribution in [1.82, 2.24) is 10.6 Å². The molecule has 0 bridgehead atoms. The van der Waals surface area contributed by atoms with Crippen LogP contribution in [0.15, 0.2) is 48.5 Å². The molecular formula is C26H28F2N2O5. The van der Waals surface area contributed by atoms with Gasteiger partial charge >= 0.3 is 12.1 Å². The molecule has 4 rings (SSSR count). The van der Waals surface area contributed by atoms with Crippen molar-refractivity contribution in [2.24, 2.45) is 5.92 Å². The van der Waals surface area contributed by atoms with Gasteiger partial charge in [-0.1, -0.05) is 48.5 Å². The van der Waals surface area contributed by atoms with Crippen LogP contribution in [-0.4, -0.2) is 48.2 Å². The van der Waals surface area contributed by atoms with Gasteiger partial charge in [0.05, 0.1) is 5.92 Å². The molecule has 2 aromatic carbocycles. The summed E-state index contributed by atoms with van der Waals surface area (Å²) in [6.07, 6.45) is -2.91. The zero-order valence-electron chi connectivity index (χ0n) is 19.1. The first kappa shape index (κ1) is 24.6. The molecule has 0 radical (unpaired) electrons. The molecule has 3 N–H and O–H groups in total.